The number of benzene rings is 1. The van der Waals surface area contributed by atoms with Gasteiger partial charge >= 0.3 is 11.7 Å². The summed E-state index contributed by atoms with van der Waals surface area (Å²) in [6.45, 7) is 0.967. The molecular formula is C16H17N3O5. The Balaban J connectivity index is 2.27. The van der Waals surface area contributed by atoms with Crippen molar-refractivity contribution >= 4 is 11.9 Å². The Kier molecular flexibility index (Phi) is 4.68. The average molecular weight is 331 g/mol. The Hall–Kier alpha value is -3.16. The second-order valence-corrected chi connectivity index (χ2v) is 5.47. The molecule has 1 aromatic carbocycles. The predicted octanol–water partition coefficient (Wildman–Crippen LogP) is -0.337. The van der Waals surface area contributed by atoms with Crippen LogP contribution in [0.3, 0.4) is 0 Å². The van der Waals surface area contributed by atoms with Gasteiger partial charge in [0.05, 0.1) is 0 Å². The van der Waals surface area contributed by atoms with E-state index in [4.69, 9.17) is 0 Å². The molecule has 0 saturated carbocycles. The van der Waals surface area contributed by atoms with Crippen LogP contribution in [0.25, 0.3) is 0 Å². The van der Waals surface area contributed by atoms with Gasteiger partial charge in [-0.15, -0.1) is 0 Å². The topological polar surface area (TPSA) is 110 Å². The van der Waals surface area contributed by atoms with Gasteiger partial charge in [-0.2, -0.15) is 0 Å². The number of hydrogen-bond donors (Lipinski definition) is 2. The van der Waals surface area contributed by atoms with E-state index in [9.17, 15) is 24.3 Å². The first kappa shape index (κ1) is 17.2. The van der Waals surface area contributed by atoms with Crippen molar-refractivity contribution in [2.45, 2.75) is 19.0 Å². The molecule has 24 heavy (non-hydrogen) atoms. The molecule has 0 fully saturated rings. The van der Waals surface area contributed by atoms with Crippen molar-refractivity contribution < 1.29 is 14.7 Å². The molecule has 1 amide bonds. The van der Waals surface area contributed by atoms with Crippen LogP contribution in [0.2, 0.25) is 0 Å². The summed E-state index contributed by atoms with van der Waals surface area (Å²) in [6.07, 6.45) is 1.20. The molecular weight excluding hydrogens is 314 g/mol. The first-order valence-corrected chi connectivity index (χ1v) is 7.12. The van der Waals surface area contributed by atoms with Gasteiger partial charge in [0.1, 0.15) is 6.54 Å². The van der Waals surface area contributed by atoms with E-state index >= 15 is 0 Å². The normalized spacial score (nSPS) is 13.1. The Labute approximate surface area is 137 Å². The zero-order valence-corrected chi connectivity index (χ0v) is 13.2. The fourth-order valence-corrected chi connectivity index (χ4v) is 2.23. The fourth-order valence-electron chi connectivity index (χ4n) is 2.23. The van der Waals surface area contributed by atoms with Crippen LogP contribution in [0, 0.1) is 0 Å². The number of amides is 1. The highest BCUT2D eigenvalue weighted by Gasteiger charge is 2.36. The molecule has 0 bridgehead atoms. The van der Waals surface area contributed by atoms with E-state index in [0.29, 0.717) is 5.56 Å². The van der Waals surface area contributed by atoms with Gasteiger partial charge < -0.3 is 10.4 Å². The lowest BCUT2D eigenvalue weighted by Crippen LogP contribution is -2.51. The van der Waals surface area contributed by atoms with Gasteiger partial charge in [0, 0.05) is 19.3 Å². The highest BCUT2D eigenvalue weighted by molar-refractivity contribution is 5.87. The lowest BCUT2D eigenvalue weighted by molar-refractivity contribution is -0.147. The standard InChI is InChI=1S/C16H17N3O5/c1-16(14(22)23,11-6-4-3-5-7-11)17-12(20)10-19-9-8-13(21)18(2)15(19)24/h3-9H,10H2,1-2H3,(H,17,20)(H,22,23). The van der Waals surface area contributed by atoms with Crippen LogP contribution in [-0.4, -0.2) is 26.1 Å². The number of carboxylic acids is 1. The number of hydrogen-bond acceptors (Lipinski definition) is 4. The molecule has 2 aromatic rings. The molecule has 0 aliphatic heterocycles. The number of aromatic nitrogens is 2. The Bertz CT molecular complexity index is 885. The largest absolute Gasteiger partial charge is 0.479 e. The third-order valence-electron chi connectivity index (χ3n) is 3.74. The maximum Gasteiger partial charge on any atom is 0.333 e. The van der Waals surface area contributed by atoms with Crippen LogP contribution in [0.15, 0.2) is 52.2 Å². The van der Waals surface area contributed by atoms with E-state index < -0.39 is 35.2 Å². The van der Waals surface area contributed by atoms with Crippen LogP contribution in [0.1, 0.15) is 12.5 Å². The Morgan fingerprint density at radius 1 is 1.17 bits per heavy atom. The van der Waals surface area contributed by atoms with Crippen LogP contribution in [0.5, 0.6) is 0 Å². The van der Waals surface area contributed by atoms with Crippen LogP contribution in [0.4, 0.5) is 0 Å². The van der Waals surface area contributed by atoms with Gasteiger partial charge in [-0.1, -0.05) is 30.3 Å². The summed E-state index contributed by atoms with van der Waals surface area (Å²) in [5.41, 5.74) is -2.38. The lowest BCUT2D eigenvalue weighted by atomic mass is 9.92. The highest BCUT2D eigenvalue weighted by atomic mass is 16.4. The van der Waals surface area contributed by atoms with Gasteiger partial charge in [0.2, 0.25) is 5.91 Å². The maximum atomic E-state index is 12.2. The lowest BCUT2D eigenvalue weighted by Gasteiger charge is -2.27. The molecule has 1 aromatic heterocycles. The molecule has 8 nitrogen and oxygen atoms in total. The second kappa shape index (κ2) is 6.53. The van der Waals surface area contributed by atoms with Crippen molar-refractivity contribution in [2.75, 3.05) is 0 Å². The van der Waals surface area contributed by atoms with E-state index in [0.717, 1.165) is 15.2 Å². The van der Waals surface area contributed by atoms with E-state index in [2.05, 4.69) is 5.32 Å². The number of nitrogens with one attached hydrogen (secondary N) is 1. The van der Waals surface area contributed by atoms with E-state index in [1.54, 1.807) is 30.3 Å². The molecule has 0 aliphatic rings. The summed E-state index contributed by atoms with van der Waals surface area (Å²) < 4.78 is 1.89. The molecule has 1 heterocycles. The van der Waals surface area contributed by atoms with Crippen molar-refractivity contribution in [1.82, 2.24) is 14.5 Å². The second-order valence-electron chi connectivity index (χ2n) is 5.47. The predicted molar refractivity (Wildman–Crippen MR) is 85.5 cm³/mol. The number of carbonyl (C=O) groups is 2. The van der Waals surface area contributed by atoms with Gasteiger partial charge in [0.15, 0.2) is 5.54 Å². The zero-order valence-electron chi connectivity index (χ0n) is 13.2. The molecule has 0 spiro atoms. The summed E-state index contributed by atoms with van der Waals surface area (Å²) in [5, 5.41) is 11.9. The number of aliphatic carboxylic acids is 1. The monoisotopic (exact) mass is 331 g/mol. The van der Waals surface area contributed by atoms with E-state index in [1.807, 2.05) is 0 Å². The van der Waals surface area contributed by atoms with Gasteiger partial charge in [-0.05, 0) is 12.5 Å². The molecule has 1 unspecified atom stereocenters. The minimum Gasteiger partial charge on any atom is -0.479 e. The van der Waals surface area contributed by atoms with Crippen molar-refractivity contribution in [2.24, 2.45) is 7.05 Å². The van der Waals surface area contributed by atoms with Crippen LogP contribution in [-0.2, 0) is 28.7 Å². The summed E-state index contributed by atoms with van der Waals surface area (Å²) >= 11 is 0. The molecule has 8 heteroatoms. The molecule has 2 N–H and O–H groups in total. The maximum absolute atomic E-state index is 12.2. The molecule has 0 radical (unpaired) electrons. The van der Waals surface area contributed by atoms with Gasteiger partial charge in [-0.25, -0.2) is 9.59 Å². The first-order chi connectivity index (χ1) is 11.3. The molecule has 2 rings (SSSR count). The number of nitrogens with zero attached hydrogens (tertiary/aromatic N) is 2. The third kappa shape index (κ3) is 3.27. The molecule has 126 valence electrons. The Morgan fingerprint density at radius 2 is 1.79 bits per heavy atom. The van der Waals surface area contributed by atoms with Gasteiger partial charge in [0.25, 0.3) is 5.56 Å². The van der Waals surface area contributed by atoms with Crippen molar-refractivity contribution in [1.29, 1.82) is 0 Å². The quantitative estimate of drug-likeness (QED) is 0.779. The number of carbonyl (C=O) groups excluding carboxylic acids is 1. The van der Waals surface area contributed by atoms with Crippen LogP contribution >= 0.6 is 0 Å². The van der Waals surface area contributed by atoms with E-state index in [1.165, 1.54) is 20.2 Å². The first-order valence-electron chi connectivity index (χ1n) is 7.12. The van der Waals surface area contributed by atoms with E-state index in [-0.39, 0.29) is 0 Å². The number of rotatable bonds is 5. The summed E-state index contributed by atoms with van der Waals surface area (Å²) in [7, 11) is 1.30. The SMILES string of the molecule is Cn1c(=O)ccn(CC(=O)NC(C)(C(=O)O)c2ccccc2)c1=O. The van der Waals surface area contributed by atoms with Crippen molar-refractivity contribution in [3.05, 3.63) is 69.0 Å². The minimum absolute atomic E-state index is 0.400. The summed E-state index contributed by atoms with van der Waals surface area (Å²) in [4.78, 5) is 47.2. The minimum atomic E-state index is -1.64. The van der Waals surface area contributed by atoms with Crippen LogP contribution < -0.4 is 16.6 Å². The summed E-state index contributed by atoms with van der Waals surface area (Å²) in [6, 6.07) is 9.40. The average Bonchev–Trinajstić information content (AvgIpc) is 2.56. The molecule has 1 atom stereocenters. The van der Waals surface area contributed by atoms with Crippen molar-refractivity contribution in [3.63, 3.8) is 0 Å². The third-order valence-corrected chi connectivity index (χ3v) is 3.74. The van der Waals surface area contributed by atoms with Gasteiger partial charge in [-0.3, -0.25) is 18.7 Å². The highest BCUT2D eigenvalue weighted by Crippen LogP contribution is 2.20. The molecule has 0 aliphatic carbocycles. The fraction of sp³-hybridized carbons (Fsp3) is 0.250. The van der Waals surface area contributed by atoms with Crippen molar-refractivity contribution in [3.8, 4) is 0 Å². The zero-order chi connectivity index (χ0) is 17.9. The smallest absolute Gasteiger partial charge is 0.333 e. The molecule has 0 saturated heterocycles. The number of carboxylic acid groups (broad SMARTS) is 1. The summed E-state index contributed by atoms with van der Waals surface area (Å²) in [5.74, 6) is -1.89. The Morgan fingerprint density at radius 3 is 2.38 bits per heavy atom.